The second-order valence-electron chi connectivity index (χ2n) is 4.50. The third-order valence-corrected chi connectivity index (χ3v) is 3.28. The molecule has 5 heteroatoms. The number of methoxy groups -OCH3 is 1. The lowest BCUT2D eigenvalue weighted by Gasteiger charge is -2.43. The second kappa shape index (κ2) is 6.73. The van der Waals surface area contributed by atoms with Gasteiger partial charge in [0.15, 0.2) is 0 Å². The molecule has 1 fully saturated rings. The van der Waals surface area contributed by atoms with Crippen molar-refractivity contribution in [3.63, 3.8) is 0 Å². The number of rotatable bonds is 7. The molecule has 0 radical (unpaired) electrons. The number of aromatic nitrogens is 1. The molecule has 0 aromatic carbocycles. The van der Waals surface area contributed by atoms with Crippen LogP contribution in [0.4, 0.5) is 5.69 Å². The first-order valence-corrected chi connectivity index (χ1v) is 6.78. The summed E-state index contributed by atoms with van der Waals surface area (Å²) in [5.41, 5.74) is 0.977. The van der Waals surface area contributed by atoms with Gasteiger partial charge in [0.05, 0.1) is 30.6 Å². The quantitative estimate of drug-likeness (QED) is 0.819. The molecule has 1 aliphatic carbocycles. The fraction of sp³-hybridized carbons (Fsp3) is 0.643. The Kier molecular flexibility index (Phi) is 4.99. The maximum Gasteiger partial charge on any atom is 0.213 e. The van der Waals surface area contributed by atoms with E-state index in [0.717, 1.165) is 18.7 Å². The first-order chi connectivity index (χ1) is 9.28. The smallest absolute Gasteiger partial charge is 0.213 e. The van der Waals surface area contributed by atoms with E-state index in [1.807, 2.05) is 26.0 Å². The minimum Gasteiger partial charge on any atom is -0.478 e. The molecule has 1 heterocycles. The van der Waals surface area contributed by atoms with E-state index < -0.39 is 0 Å². The molecule has 5 nitrogen and oxygen atoms in total. The number of ether oxygens (including phenoxy) is 3. The van der Waals surface area contributed by atoms with Crippen LogP contribution in [0.2, 0.25) is 0 Å². The van der Waals surface area contributed by atoms with E-state index >= 15 is 0 Å². The molecular weight excluding hydrogens is 244 g/mol. The molecule has 1 aromatic heterocycles. The van der Waals surface area contributed by atoms with E-state index in [9.17, 15) is 0 Å². The summed E-state index contributed by atoms with van der Waals surface area (Å²) in [6, 6.07) is 4.12. The first-order valence-electron chi connectivity index (χ1n) is 6.78. The standard InChI is InChI=1S/C14H22N2O3/c1-4-18-12-8-11(14(12)17-3)16-10-6-7-13(15-9-10)19-5-2/h6-7,9,11-12,14,16H,4-5,8H2,1-3H3. The normalized spacial score (nSPS) is 25.7. The number of nitrogens with one attached hydrogen (secondary N) is 1. The number of hydrogen-bond acceptors (Lipinski definition) is 5. The largest absolute Gasteiger partial charge is 0.478 e. The summed E-state index contributed by atoms with van der Waals surface area (Å²) < 4.78 is 16.4. The fourth-order valence-electron chi connectivity index (χ4n) is 2.33. The zero-order valence-corrected chi connectivity index (χ0v) is 11.8. The van der Waals surface area contributed by atoms with Gasteiger partial charge in [-0.05, 0) is 26.3 Å². The van der Waals surface area contributed by atoms with E-state index in [1.165, 1.54) is 0 Å². The molecule has 1 aliphatic rings. The van der Waals surface area contributed by atoms with Crippen LogP contribution in [-0.2, 0) is 9.47 Å². The van der Waals surface area contributed by atoms with Crippen LogP contribution in [0.3, 0.4) is 0 Å². The molecule has 106 valence electrons. The zero-order chi connectivity index (χ0) is 13.7. The lowest BCUT2D eigenvalue weighted by atomic mass is 9.85. The lowest BCUT2D eigenvalue weighted by molar-refractivity contribution is -0.118. The average molecular weight is 266 g/mol. The van der Waals surface area contributed by atoms with Crippen LogP contribution in [0.15, 0.2) is 18.3 Å². The van der Waals surface area contributed by atoms with Crippen molar-refractivity contribution < 1.29 is 14.2 Å². The lowest BCUT2D eigenvalue weighted by Crippen LogP contribution is -2.56. The second-order valence-corrected chi connectivity index (χ2v) is 4.50. The first kappa shape index (κ1) is 14.1. The Bertz CT molecular complexity index is 383. The molecule has 1 N–H and O–H groups in total. The van der Waals surface area contributed by atoms with Crippen molar-refractivity contribution in [3.05, 3.63) is 18.3 Å². The van der Waals surface area contributed by atoms with Crippen molar-refractivity contribution in [2.24, 2.45) is 0 Å². The van der Waals surface area contributed by atoms with E-state index in [0.29, 0.717) is 12.5 Å². The van der Waals surface area contributed by atoms with E-state index in [-0.39, 0.29) is 18.2 Å². The highest BCUT2D eigenvalue weighted by molar-refractivity contribution is 5.44. The topological polar surface area (TPSA) is 52.6 Å². The van der Waals surface area contributed by atoms with Gasteiger partial charge in [-0.3, -0.25) is 0 Å². The van der Waals surface area contributed by atoms with Gasteiger partial charge in [0.1, 0.15) is 6.10 Å². The number of hydrogen-bond donors (Lipinski definition) is 1. The Balaban J connectivity index is 1.87. The van der Waals surface area contributed by atoms with E-state index in [2.05, 4.69) is 10.3 Å². The highest BCUT2D eigenvalue weighted by Crippen LogP contribution is 2.29. The van der Waals surface area contributed by atoms with Crippen molar-refractivity contribution in [2.75, 3.05) is 25.6 Å². The highest BCUT2D eigenvalue weighted by atomic mass is 16.5. The number of nitrogens with zero attached hydrogens (tertiary/aromatic N) is 1. The fourth-order valence-corrected chi connectivity index (χ4v) is 2.33. The number of anilines is 1. The van der Waals surface area contributed by atoms with Crippen molar-refractivity contribution in [3.8, 4) is 5.88 Å². The molecule has 3 unspecified atom stereocenters. The Morgan fingerprint density at radius 2 is 2.16 bits per heavy atom. The van der Waals surface area contributed by atoms with Crippen LogP contribution in [0.1, 0.15) is 20.3 Å². The summed E-state index contributed by atoms with van der Waals surface area (Å²) in [5, 5.41) is 3.41. The predicted molar refractivity (Wildman–Crippen MR) is 73.6 cm³/mol. The summed E-state index contributed by atoms with van der Waals surface area (Å²) in [6.07, 6.45) is 3.04. The minimum atomic E-state index is 0.103. The average Bonchev–Trinajstić information content (AvgIpc) is 2.40. The van der Waals surface area contributed by atoms with Gasteiger partial charge in [-0.15, -0.1) is 0 Å². The molecule has 1 saturated carbocycles. The van der Waals surface area contributed by atoms with Crippen LogP contribution in [-0.4, -0.2) is 43.6 Å². The molecule has 0 aliphatic heterocycles. The maximum absolute atomic E-state index is 5.60. The van der Waals surface area contributed by atoms with Gasteiger partial charge in [0.2, 0.25) is 5.88 Å². The molecule has 0 bridgehead atoms. The Morgan fingerprint density at radius 3 is 2.74 bits per heavy atom. The van der Waals surface area contributed by atoms with Gasteiger partial charge in [0, 0.05) is 19.8 Å². The zero-order valence-electron chi connectivity index (χ0n) is 11.8. The van der Waals surface area contributed by atoms with Crippen LogP contribution in [0, 0.1) is 0 Å². The van der Waals surface area contributed by atoms with Crippen LogP contribution in [0.25, 0.3) is 0 Å². The summed E-state index contributed by atoms with van der Waals surface area (Å²) in [5.74, 6) is 0.650. The minimum absolute atomic E-state index is 0.103. The van der Waals surface area contributed by atoms with Gasteiger partial charge in [-0.2, -0.15) is 0 Å². The van der Waals surface area contributed by atoms with Gasteiger partial charge >= 0.3 is 0 Å². The van der Waals surface area contributed by atoms with Gasteiger partial charge in [-0.1, -0.05) is 0 Å². The third kappa shape index (κ3) is 3.36. The van der Waals surface area contributed by atoms with Crippen LogP contribution < -0.4 is 10.1 Å². The molecular formula is C14H22N2O3. The van der Waals surface area contributed by atoms with Crippen LogP contribution >= 0.6 is 0 Å². The summed E-state index contributed by atoms with van der Waals surface area (Å²) in [6.45, 7) is 5.30. The SMILES string of the molecule is CCOc1ccc(NC2CC(OCC)C2OC)cn1. The predicted octanol–water partition coefficient (Wildman–Crippen LogP) is 2.08. The van der Waals surface area contributed by atoms with Crippen molar-refractivity contribution in [2.45, 2.75) is 38.5 Å². The van der Waals surface area contributed by atoms with Gasteiger partial charge in [-0.25, -0.2) is 4.98 Å². The van der Waals surface area contributed by atoms with Crippen molar-refractivity contribution >= 4 is 5.69 Å². The molecule has 3 atom stereocenters. The van der Waals surface area contributed by atoms with Crippen LogP contribution in [0.5, 0.6) is 5.88 Å². The van der Waals surface area contributed by atoms with E-state index in [1.54, 1.807) is 13.3 Å². The maximum atomic E-state index is 5.60. The Labute approximate surface area is 114 Å². The summed E-state index contributed by atoms with van der Waals surface area (Å²) in [7, 11) is 1.72. The molecule has 1 aromatic rings. The molecule has 0 spiro atoms. The van der Waals surface area contributed by atoms with Gasteiger partial charge < -0.3 is 19.5 Å². The van der Waals surface area contributed by atoms with Gasteiger partial charge in [0.25, 0.3) is 0 Å². The van der Waals surface area contributed by atoms with E-state index in [4.69, 9.17) is 14.2 Å². The summed E-state index contributed by atoms with van der Waals surface area (Å²) >= 11 is 0. The van der Waals surface area contributed by atoms with Crippen molar-refractivity contribution in [1.82, 2.24) is 4.98 Å². The highest BCUT2D eigenvalue weighted by Gasteiger charge is 2.42. The summed E-state index contributed by atoms with van der Waals surface area (Å²) in [4.78, 5) is 4.23. The van der Waals surface area contributed by atoms with Crippen molar-refractivity contribution in [1.29, 1.82) is 0 Å². The Hall–Kier alpha value is -1.33. The third-order valence-electron chi connectivity index (χ3n) is 3.28. The number of pyridine rings is 1. The Morgan fingerprint density at radius 1 is 1.32 bits per heavy atom. The molecule has 19 heavy (non-hydrogen) atoms. The molecule has 0 amide bonds. The molecule has 0 saturated heterocycles. The monoisotopic (exact) mass is 266 g/mol. The molecule has 2 rings (SSSR count).